The summed E-state index contributed by atoms with van der Waals surface area (Å²) in [6.45, 7) is 5.06. The monoisotopic (exact) mass is 259 g/mol. The third-order valence-corrected chi connectivity index (χ3v) is 2.86. The largest absolute Gasteiger partial charge is 0.310 e. The van der Waals surface area contributed by atoms with Crippen LogP contribution in [0.2, 0.25) is 0 Å². The number of hydrogen-bond acceptors (Lipinski definition) is 1. The molecule has 3 heteroatoms. The molecule has 1 atom stereocenters. The predicted octanol–water partition coefficient (Wildman–Crippen LogP) is 3.48. The van der Waals surface area contributed by atoms with E-state index in [-0.39, 0.29) is 5.82 Å². The van der Waals surface area contributed by atoms with Crippen LogP contribution in [0.25, 0.3) is 0 Å². The third-order valence-electron chi connectivity index (χ3n) is 2.25. The Balaban J connectivity index is 2.55. The highest BCUT2D eigenvalue weighted by Crippen LogP contribution is 2.16. The predicted molar refractivity (Wildman–Crippen MR) is 60.7 cm³/mol. The minimum atomic E-state index is -0.211. The van der Waals surface area contributed by atoms with E-state index in [9.17, 15) is 4.39 Å². The lowest BCUT2D eigenvalue weighted by Crippen LogP contribution is -2.24. The molecule has 0 spiro atoms. The quantitative estimate of drug-likeness (QED) is 0.873. The molecule has 1 N–H and O–H groups in total. The van der Waals surface area contributed by atoms with Crippen molar-refractivity contribution in [2.75, 3.05) is 0 Å². The van der Waals surface area contributed by atoms with Crippen LogP contribution in [0.4, 0.5) is 4.39 Å². The van der Waals surface area contributed by atoms with Crippen molar-refractivity contribution in [2.24, 2.45) is 0 Å². The molecule has 1 unspecified atom stereocenters. The van der Waals surface area contributed by atoms with Gasteiger partial charge in [-0.1, -0.05) is 13.0 Å². The van der Waals surface area contributed by atoms with Gasteiger partial charge in [-0.05, 0) is 47.0 Å². The zero-order valence-corrected chi connectivity index (χ0v) is 10.1. The molecule has 1 aromatic rings. The highest BCUT2D eigenvalue weighted by atomic mass is 79.9. The minimum Gasteiger partial charge on any atom is -0.310 e. The van der Waals surface area contributed by atoms with Gasteiger partial charge in [-0.15, -0.1) is 0 Å². The molecule has 1 rings (SSSR count). The number of nitrogens with one attached hydrogen (secondary N) is 1. The van der Waals surface area contributed by atoms with Crippen LogP contribution in [0.1, 0.15) is 25.8 Å². The molecule has 0 aliphatic heterocycles. The van der Waals surface area contributed by atoms with E-state index in [0.29, 0.717) is 10.5 Å². The van der Waals surface area contributed by atoms with Crippen molar-refractivity contribution in [1.29, 1.82) is 0 Å². The molecule has 0 amide bonds. The Labute approximate surface area is 92.8 Å². The fourth-order valence-corrected chi connectivity index (χ4v) is 1.51. The van der Waals surface area contributed by atoms with Gasteiger partial charge in [0.1, 0.15) is 5.82 Å². The molecule has 0 heterocycles. The van der Waals surface area contributed by atoms with Crippen LogP contribution >= 0.6 is 15.9 Å². The van der Waals surface area contributed by atoms with E-state index in [2.05, 4.69) is 35.1 Å². The average Bonchev–Trinajstić information content (AvgIpc) is 2.19. The number of benzene rings is 1. The molecule has 78 valence electrons. The second-order valence-electron chi connectivity index (χ2n) is 3.44. The van der Waals surface area contributed by atoms with E-state index in [1.807, 2.05) is 6.07 Å². The summed E-state index contributed by atoms with van der Waals surface area (Å²) in [4.78, 5) is 0. The van der Waals surface area contributed by atoms with Crippen molar-refractivity contribution < 1.29 is 4.39 Å². The highest BCUT2D eigenvalue weighted by molar-refractivity contribution is 9.10. The number of rotatable bonds is 4. The van der Waals surface area contributed by atoms with Gasteiger partial charge in [-0.25, -0.2) is 4.39 Å². The summed E-state index contributed by atoms with van der Waals surface area (Å²) < 4.78 is 13.4. The van der Waals surface area contributed by atoms with Crippen molar-refractivity contribution in [3.8, 4) is 0 Å². The molecule has 0 bridgehead atoms. The van der Waals surface area contributed by atoms with Crippen LogP contribution in [0, 0.1) is 5.82 Å². The van der Waals surface area contributed by atoms with Gasteiger partial charge in [0.15, 0.2) is 0 Å². The lowest BCUT2D eigenvalue weighted by Gasteiger charge is -2.11. The Hall–Kier alpha value is -0.410. The lowest BCUT2D eigenvalue weighted by atomic mass is 10.2. The number of hydrogen-bond donors (Lipinski definition) is 1. The SMILES string of the molecule is CCC(C)NCc1ccc(F)c(Br)c1. The van der Waals surface area contributed by atoms with Gasteiger partial charge in [0.2, 0.25) is 0 Å². The normalized spacial score (nSPS) is 12.9. The van der Waals surface area contributed by atoms with Gasteiger partial charge in [-0.2, -0.15) is 0 Å². The molecule has 0 aromatic heterocycles. The van der Waals surface area contributed by atoms with Crippen molar-refractivity contribution in [1.82, 2.24) is 5.32 Å². The minimum absolute atomic E-state index is 0.211. The smallest absolute Gasteiger partial charge is 0.137 e. The first-order valence-electron chi connectivity index (χ1n) is 4.80. The first-order chi connectivity index (χ1) is 6.63. The average molecular weight is 260 g/mol. The molecular weight excluding hydrogens is 245 g/mol. The first-order valence-corrected chi connectivity index (χ1v) is 5.60. The van der Waals surface area contributed by atoms with Crippen LogP contribution in [-0.2, 0) is 6.54 Å². The van der Waals surface area contributed by atoms with Gasteiger partial charge in [0, 0.05) is 12.6 Å². The fraction of sp³-hybridized carbons (Fsp3) is 0.455. The summed E-state index contributed by atoms with van der Waals surface area (Å²) in [5, 5.41) is 3.35. The molecule has 0 fully saturated rings. The van der Waals surface area contributed by atoms with E-state index >= 15 is 0 Å². The molecule has 0 aliphatic carbocycles. The van der Waals surface area contributed by atoms with Gasteiger partial charge in [0.25, 0.3) is 0 Å². The van der Waals surface area contributed by atoms with Gasteiger partial charge >= 0.3 is 0 Å². The summed E-state index contributed by atoms with van der Waals surface area (Å²) in [6, 6.07) is 5.59. The Morgan fingerprint density at radius 3 is 2.79 bits per heavy atom. The molecule has 1 nitrogen and oxygen atoms in total. The van der Waals surface area contributed by atoms with Crippen LogP contribution in [0.15, 0.2) is 22.7 Å². The van der Waals surface area contributed by atoms with Crippen LogP contribution in [0.5, 0.6) is 0 Å². The second-order valence-corrected chi connectivity index (χ2v) is 4.29. The van der Waals surface area contributed by atoms with E-state index in [1.165, 1.54) is 6.07 Å². The molecule has 0 saturated carbocycles. The second kappa shape index (κ2) is 5.47. The summed E-state index contributed by atoms with van der Waals surface area (Å²) >= 11 is 3.17. The van der Waals surface area contributed by atoms with Crippen LogP contribution < -0.4 is 5.32 Å². The summed E-state index contributed by atoms with van der Waals surface area (Å²) in [7, 11) is 0. The van der Waals surface area contributed by atoms with E-state index in [1.54, 1.807) is 6.07 Å². The Bertz CT molecular complexity index is 301. The maximum absolute atomic E-state index is 12.9. The van der Waals surface area contributed by atoms with Crippen molar-refractivity contribution in [3.63, 3.8) is 0 Å². The highest BCUT2D eigenvalue weighted by Gasteiger charge is 2.01. The zero-order valence-electron chi connectivity index (χ0n) is 8.48. The molecule has 14 heavy (non-hydrogen) atoms. The molecular formula is C11H15BrFN. The van der Waals surface area contributed by atoms with Crippen molar-refractivity contribution >= 4 is 15.9 Å². The third kappa shape index (κ3) is 3.39. The van der Waals surface area contributed by atoms with E-state index in [4.69, 9.17) is 0 Å². The van der Waals surface area contributed by atoms with Gasteiger partial charge in [-0.3, -0.25) is 0 Å². The Morgan fingerprint density at radius 2 is 2.21 bits per heavy atom. The molecule has 0 radical (unpaired) electrons. The molecule has 0 saturated heterocycles. The summed E-state index contributed by atoms with van der Waals surface area (Å²) in [5.41, 5.74) is 1.10. The van der Waals surface area contributed by atoms with Gasteiger partial charge in [0.05, 0.1) is 4.47 Å². The fourth-order valence-electron chi connectivity index (χ4n) is 1.09. The van der Waals surface area contributed by atoms with Crippen molar-refractivity contribution in [3.05, 3.63) is 34.1 Å². The maximum atomic E-state index is 12.9. The zero-order chi connectivity index (χ0) is 10.6. The summed E-state index contributed by atoms with van der Waals surface area (Å²) in [6.07, 6.45) is 1.10. The molecule has 1 aromatic carbocycles. The van der Waals surface area contributed by atoms with Crippen molar-refractivity contribution in [2.45, 2.75) is 32.9 Å². The van der Waals surface area contributed by atoms with Crippen LogP contribution in [-0.4, -0.2) is 6.04 Å². The Kier molecular flexibility index (Phi) is 4.55. The standard InChI is InChI=1S/C11H15BrFN/c1-3-8(2)14-7-9-4-5-11(13)10(12)6-9/h4-6,8,14H,3,7H2,1-2H3. The van der Waals surface area contributed by atoms with Gasteiger partial charge < -0.3 is 5.32 Å². The van der Waals surface area contributed by atoms with E-state index < -0.39 is 0 Å². The van der Waals surface area contributed by atoms with E-state index in [0.717, 1.165) is 18.5 Å². The van der Waals surface area contributed by atoms with Crippen LogP contribution in [0.3, 0.4) is 0 Å². The maximum Gasteiger partial charge on any atom is 0.137 e. The summed E-state index contributed by atoms with van der Waals surface area (Å²) in [5.74, 6) is -0.211. The molecule has 0 aliphatic rings. The number of halogens is 2. The lowest BCUT2D eigenvalue weighted by molar-refractivity contribution is 0.533. The topological polar surface area (TPSA) is 12.0 Å². The Morgan fingerprint density at radius 1 is 1.50 bits per heavy atom. The first kappa shape index (κ1) is 11.7.